The summed E-state index contributed by atoms with van der Waals surface area (Å²) >= 11 is 0. The van der Waals surface area contributed by atoms with Gasteiger partial charge >= 0.3 is 12.1 Å². The molecule has 0 aromatic heterocycles. The van der Waals surface area contributed by atoms with Crippen LogP contribution in [0.2, 0.25) is 0 Å². The second-order valence-electron chi connectivity index (χ2n) is 7.49. The fourth-order valence-electron chi connectivity index (χ4n) is 3.19. The third kappa shape index (κ3) is 5.67. The number of rotatable bonds is 7. The van der Waals surface area contributed by atoms with Crippen molar-refractivity contribution < 1.29 is 44.2 Å². The first kappa shape index (κ1) is 24.0. The van der Waals surface area contributed by atoms with E-state index in [0.29, 0.717) is 0 Å². The van der Waals surface area contributed by atoms with Crippen LogP contribution in [-0.2, 0) is 25.6 Å². The molecule has 168 valence electrons. The fraction of sp³-hybridized carbons (Fsp3) is 0.600. The van der Waals surface area contributed by atoms with Crippen LogP contribution in [0, 0.1) is 5.92 Å². The molecule has 1 amide bonds. The van der Waals surface area contributed by atoms with Crippen LogP contribution in [0.3, 0.4) is 0 Å². The summed E-state index contributed by atoms with van der Waals surface area (Å²) in [5, 5.41) is 42.3. The van der Waals surface area contributed by atoms with E-state index in [1.165, 1.54) is 7.11 Å². The number of methoxy groups -OCH3 is 1. The van der Waals surface area contributed by atoms with Crippen molar-refractivity contribution in [2.75, 3.05) is 7.11 Å². The van der Waals surface area contributed by atoms with Gasteiger partial charge in [0.2, 0.25) is 0 Å². The number of aliphatic hydroxyl groups is 4. The molecular formula is C20H29NO9. The van der Waals surface area contributed by atoms with Gasteiger partial charge in [-0.05, 0) is 11.5 Å². The molecule has 30 heavy (non-hydrogen) atoms. The Morgan fingerprint density at radius 1 is 0.967 bits per heavy atom. The van der Waals surface area contributed by atoms with Gasteiger partial charge in [0.05, 0.1) is 0 Å². The summed E-state index contributed by atoms with van der Waals surface area (Å²) in [4.78, 5) is 24.8. The molecule has 0 radical (unpaired) electrons. The summed E-state index contributed by atoms with van der Waals surface area (Å²) in [6.07, 6.45) is -10.3. The van der Waals surface area contributed by atoms with Crippen molar-refractivity contribution in [2.45, 2.75) is 63.1 Å². The van der Waals surface area contributed by atoms with Gasteiger partial charge in [-0.3, -0.25) is 0 Å². The Labute approximate surface area is 174 Å². The topological polar surface area (TPSA) is 155 Å². The molecule has 2 rings (SSSR count). The molecule has 0 bridgehead atoms. The largest absolute Gasteiger partial charge is 0.455 e. The molecule has 1 aromatic rings. The number of benzene rings is 1. The summed E-state index contributed by atoms with van der Waals surface area (Å²) in [6, 6.07) is 7.86. The third-order valence-corrected chi connectivity index (χ3v) is 4.98. The van der Waals surface area contributed by atoms with Crippen LogP contribution in [0.5, 0.6) is 0 Å². The van der Waals surface area contributed by atoms with E-state index in [0.717, 1.165) is 5.56 Å². The van der Waals surface area contributed by atoms with Crippen molar-refractivity contribution >= 4 is 12.1 Å². The molecule has 1 aliphatic rings. The number of carbonyl (C=O) groups is 2. The monoisotopic (exact) mass is 427 g/mol. The van der Waals surface area contributed by atoms with Gasteiger partial charge in [-0.1, -0.05) is 44.2 Å². The molecule has 0 saturated heterocycles. The van der Waals surface area contributed by atoms with E-state index in [-0.39, 0.29) is 6.61 Å². The molecule has 0 spiro atoms. The summed E-state index contributed by atoms with van der Waals surface area (Å²) < 4.78 is 15.4. The molecule has 1 aliphatic carbocycles. The maximum atomic E-state index is 12.7. The number of carbonyl (C=O) groups excluding carboxylic acids is 2. The van der Waals surface area contributed by atoms with Gasteiger partial charge < -0.3 is 40.0 Å². The molecule has 0 aliphatic heterocycles. The highest BCUT2D eigenvalue weighted by atomic mass is 16.6. The Hall–Kier alpha value is -2.24. The highest BCUT2D eigenvalue weighted by molar-refractivity contribution is 5.81. The van der Waals surface area contributed by atoms with E-state index in [9.17, 15) is 30.0 Å². The SMILES string of the molecule is COC1C(O)C(O)C(O)C(O)C1OC(=O)[C@@H](NC(=O)OCc1ccccc1)C(C)C. The molecule has 1 aromatic carbocycles. The second kappa shape index (κ2) is 10.7. The highest BCUT2D eigenvalue weighted by Crippen LogP contribution is 2.26. The Morgan fingerprint density at radius 3 is 2.07 bits per heavy atom. The Bertz CT molecular complexity index is 699. The lowest BCUT2D eigenvalue weighted by atomic mass is 9.84. The molecule has 6 unspecified atom stereocenters. The standard InChI is InChI=1S/C20H29NO9/c1-10(2)12(21-20(27)29-9-11-7-5-4-6-8-11)19(26)30-18-16(25)14(23)13(22)15(24)17(18)28-3/h4-8,10,12-18,22-25H,9H2,1-3H3,(H,21,27)/t12-,13?,14?,15?,16?,17?,18?/m0/s1. The Morgan fingerprint density at radius 2 is 1.53 bits per heavy atom. The highest BCUT2D eigenvalue weighted by Gasteiger charge is 2.51. The molecule has 1 saturated carbocycles. The van der Waals surface area contributed by atoms with Gasteiger partial charge in [-0.2, -0.15) is 0 Å². The zero-order chi connectivity index (χ0) is 22.4. The van der Waals surface area contributed by atoms with Crippen molar-refractivity contribution in [3.05, 3.63) is 35.9 Å². The van der Waals surface area contributed by atoms with Crippen molar-refractivity contribution in [3.8, 4) is 0 Å². The lowest BCUT2D eigenvalue weighted by Crippen LogP contribution is -2.65. The third-order valence-electron chi connectivity index (χ3n) is 4.98. The first-order chi connectivity index (χ1) is 14.2. The molecule has 7 atom stereocenters. The number of aliphatic hydroxyl groups excluding tert-OH is 4. The average molecular weight is 427 g/mol. The van der Waals surface area contributed by atoms with Crippen molar-refractivity contribution in [1.29, 1.82) is 0 Å². The first-order valence-corrected chi connectivity index (χ1v) is 9.60. The smallest absolute Gasteiger partial charge is 0.408 e. The summed E-state index contributed by atoms with van der Waals surface area (Å²) in [7, 11) is 1.20. The molecule has 1 fully saturated rings. The summed E-state index contributed by atoms with van der Waals surface area (Å²) in [5.74, 6) is -1.31. The normalized spacial score (nSPS) is 29.9. The Kier molecular flexibility index (Phi) is 8.56. The van der Waals surface area contributed by atoms with Crippen LogP contribution in [0.1, 0.15) is 19.4 Å². The lowest BCUT2D eigenvalue weighted by molar-refractivity contribution is -0.239. The van der Waals surface area contributed by atoms with E-state index in [1.807, 2.05) is 6.07 Å². The minimum atomic E-state index is -1.74. The number of hydrogen-bond acceptors (Lipinski definition) is 9. The average Bonchev–Trinajstić information content (AvgIpc) is 2.73. The molecule has 10 nitrogen and oxygen atoms in total. The van der Waals surface area contributed by atoms with Crippen molar-refractivity contribution in [2.24, 2.45) is 5.92 Å². The van der Waals surface area contributed by atoms with E-state index in [2.05, 4.69) is 5.32 Å². The number of hydrogen-bond donors (Lipinski definition) is 5. The minimum absolute atomic E-state index is 0.00982. The van der Waals surface area contributed by atoms with Crippen LogP contribution in [0.4, 0.5) is 4.79 Å². The number of ether oxygens (including phenoxy) is 3. The first-order valence-electron chi connectivity index (χ1n) is 9.60. The van der Waals surface area contributed by atoms with E-state index in [4.69, 9.17) is 14.2 Å². The zero-order valence-corrected chi connectivity index (χ0v) is 17.0. The van der Waals surface area contributed by atoms with Crippen LogP contribution < -0.4 is 5.32 Å². The van der Waals surface area contributed by atoms with Gasteiger partial charge in [0.1, 0.15) is 43.2 Å². The van der Waals surface area contributed by atoms with Crippen molar-refractivity contribution in [1.82, 2.24) is 5.32 Å². The molecular weight excluding hydrogens is 398 g/mol. The minimum Gasteiger partial charge on any atom is -0.455 e. The molecule has 0 heterocycles. The van der Waals surface area contributed by atoms with Crippen LogP contribution in [-0.4, -0.2) is 82.3 Å². The second-order valence-corrected chi connectivity index (χ2v) is 7.49. The number of amides is 1. The van der Waals surface area contributed by atoms with Crippen molar-refractivity contribution in [3.63, 3.8) is 0 Å². The number of esters is 1. The zero-order valence-electron chi connectivity index (χ0n) is 17.0. The van der Waals surface area contributed by atoms with Gasteiger partial charge in [0.25, 0.3) is 0 Å². The van der Waals surface area contributed by atoms with Crippen LogP contribution in [0.15, 0.2) is 30.3 Å². The summed E-state index contributed by atoms with van der Waals surface area (Å²) in [5.41, 5.74) is 0.770. The predicted octanol–water partition coefficient (Wildman–Crippen LogP) is -0.679. The quantitative estimate of drug-likeness (QED) is 0.356. The van der Waals surface area contributed by atoms with Gasteiger partial charge in [0.15, 0.2) is 6.10 Å². The number of nitrogens with one attached hydrogen (secondary N) is 1. The van der Waals surface area contributed by atoms with E-state index < -0.39 is 60.6 Å². The Balaban J connectivity index is 2.02. The van der Waals surface area contributed by atoms with E-state index in [1.54, 1.807) is 38.1 Å². The predicted molar refractivity (Wildman–Crippen MR) is 103 cm³/mol. The molecule has 10 heteroatoms. The van der Waals surface area contributed by atoms with Gasteiger partial charge in [0, 0.05) is 7.11 Å². The maximum Gasteiger partial charge on any atom is 0.408 e. The van der Waals surface area contributed by atoms with Crippen LogP contribution in [0.25, 0.3) is 0 Å². The summed E-state index contributed by atoms with van der Waals surface area (Å²) in [6.45, 7) is 3.35. The lowest BCUT2D eigenvalue weighted by Gasteiger charge is -2.43. The van der Waals surface area contributed by atoms with E-state index >= 15 is 0 Å². The number of alkyl carbamates (subject to hydrolysis) is 1. The fourth-order valence-corrected chi connectivity index (χ4v) is 3.19. The molecule has 5 N–H and O–H groups in total. The maximum absolute atomic E-state index is 12.7. The van der Waals surface area contributed by atoms with Gasteiger partial charge in [-0.25, -0.2) is 9.59 Å². The van der Waals surface area contributed by atoms with Gasteiger partial charge in [-0.15, -0.1) is 0 Å². The van der Waals surface area contributed by atoms with Crippen LogP contribution >= 0.6 is 0 Å².